The molecule has 66 valence electrons. The molecule has 1 aliphatic carbocycles. The molecule has 1 fully saturated rings. The van der Waals surface area contributed by atoms with E-state index in [2.05, 4.69) is 18.2 Å². The molecule has 12 heavy (non-hydrogen) atoms. The third kappa shape index (κ3) is 1.25. The Morgan fingerprint density at radius 2 is 2.42 bits per heavy atom. The van der Waals surface area contributed by atoms with Gasteiger partial charge in [0.2, 0.25) is 0 Å². The first kappa shape index (κ1) is 7.80. The lowest BCUT2D eigenvalue weighted by Gasteiger charge is -2.15. The molecule has 2 rings (SSSR count). The van der Waals surface area contributed by atoms with Gasteiger partial charge in [-0.05, 0) is 31.7 Å². The van der Waals surface area contributed by atoms with Gasteiger partial charge >= 0.3 is 0 Å². The van der Waals surface area contributed by atoms with Gasteiger partial charge < -0.3 is 5.73 Å². The molecule has 0 bridgehead atoms. The summed E-state index contributed by atoms with van der Waals surface area (Å²) in [5.74, 6) is 0. The summed E-state index contributed by atoms with van der Waals surface area (Å²) in [5, 5.41) is 4.28. The fourth-order valence-corrected chi connectivity index (χ4v) is 1.91. The van der Waals surface area contributed by atoms with E-state index in [0.29, 0.717) is 12.1 Å². The van der Waals surface area contributed by atoms with E-state index in [0.717, 1.165) is 6.42 Å². The Morgan fingerprint density at radius 1 is 1.58 bits per heavy atom. The molecule has 2 unspecified atom stereocenters. The Morgan fingerprint density at radius 3 is 2.92 bits per heavy atom. The Bertz CT molecular complexity index is 266. The fourth-order valence-electron chi connectivity index (χ4n) is 1.91. The molecule has 1 saturated carbocycles. The Hall–Kier alpha value is -0.830. The number of hydrogen-bond acceptors (Lipinski definition) is 2. The first-order valence-corrected chi connectivity index (χ1v) is 4.54. The standard InChI is InChI=1S/C9H15N3/c1-7-5-11-12(6-7)9-4-2-3-8(9)10/h5-6,8-9H,2-4,10H2,1H3. The maximum atomic E-state index is 5.96. The summed E-state index contributed by atoms with van der Waals surface area (Å²) in [7, 11) is 0. The van der Waals surface area contributed by atoms with Gasteiger partial charge in [0, 0.05) is 12.2 Å². The minimum atomic E-state index is 0.310. The van der Waals surface area contributed by atoms with Gasteiger partial charge in [0.15, 0.2) is 0 Å². The van der Waals surface area contributed by atoms with E-state index in [-0.39, 0.29) is 0 Å². The summed E-state index contributed by atoms with van der Waals surface area (Å²) >= 11 is 0. The van der Waals surface area contributed by atoms with E-state index in [1.165, 1.54) is 18.4 Å². The van der Waals surface area contributed by atoms with Crippen LogP contribution in [0.4, 0.5) is 0 Å². The zero-order valence-electron chi connectivity index (χ0n) is 7.40. The minimum absolute atomic E-state index is 0.310. The van der Waals surface area contributed by atoms with Crippen molar-refractivity contribution in [1.29, 1.82) is 0 Å². The van der Waals surface area contributed by atoms with E-state index >= 15 is 0 Å². The highest BCUT2D eigenvalue weighted by Crippen LogP contribution is 2.27. The van der Waals surface area contributed by atoms with Crippen molar-refractivity contribution in [1.82, 2.24) is 9.78 Å². The van der Waals surface area contributed by atoms with Crippen molar-refractivity contribution in [3.63, 3.8) is 0 Å². The van der Waals surface area contributed by atoms with Crippen molar-refractivity contribution >= 4 is 0 Å². The molecule has 0 amide bonds. The van der Waals surface area contributed by atoms with Crippen molar-refractivity contribution < 1.29 is 0 Å². The zero-order chi connectivity index (χ0) is 8.55. The first-order valence-electron chi connectivity index (χ1n) is 4.54. The van der Waals surface area contributed by atoms with Crippen LogP contribution in [0.3, 0.4) is 0 Å². The maximum absolute atomic E-state index is 5.96. The van der Waals surface area contributed by atoms with Crippen LogP contribution in [-0.2, 0) is 0 Å². The molecule has 3 nitrogen and oxygen atoms in total. The smallest absolute Gasteiger partial charge is 0.0670 e. The molecule has 0 radical (unpaired) electrons. The molecule has 0 saturated heterocycles. The molecule has 1 aliphatic rings. The molecule has 1 aromatic heterocycles. The molecule has 2 atom stereocenters. The van der Waals surface area contributed by atoms with Crippen molar-refractivity contribution in [2.75, 3.05) is 0 Å². The molecule has 3 heteroatoms. The summed E-state index contributed by atoms with van der Waals surface area (Å²) in [6.45, 7) is 2.06. The van der Waals surface area contributed by atoms with Crippen LogP contribution in [0.1, 0.15) is 30.9 Å². The average Bonchev–Trinajstić information content (AvgIpc) is 2.58. The normalized spacial score (nSPS) is 29.5. The van der Waals surface area contributed by atoms with Crippen LogP contribution in [0.15, 0.2) is 12.4 Å². The van der Waals surface area contributed by atoms with Crippen molar-refractivity contribution in [2.45, 2.75) is 38.3 Å². The van der Waals surface area contributed by atoms with E-state index < -0.39 is 0 Å². The second kappa shape index (κ2) is 2.90. The van der Waals surface area contributed by atoms with Crippen LogP contribution < -0.4 is 5.73 Å². The number of aromatic nitrogens is 2. The fraction of sp³-hybridized carbons (Fsp3) is 0.667. The topological polar surface area (TPSA) is 43.8 Å². The third-order valence-electron chi connectivity index (χ3n) is 2.60. The van der Waals surface area contributed by atoms with Gasteiger partial charge in [-0.15, -0.1) is 0 Å². The Balaban J connectivity index is 2.19. The summed E-state index contributed by atoms with van der Waals surface area (Å²) in [6, 6.07) is 0.753. The molecular weight excluding hydrogens is 150 g/mol. The highest BCUT2D eigenvalue weighted by molar-refractivity contribution is 5.02. The number of hydrogen-bond donors (Lipinski definition) is 1. The van der Waals surface area contributed by atoms with Gasteiger partial charge in [0.05, 0.1) is 12.2 Å². The van der Waals surface area contributed by atoms with E-state index in [1.54, 1.807) is 0 Å². The van der Waals surface area contributed by atoms with Crippen molar-refractivity contribution in [3.8, 4) is 0 Å². The molecular formula is C9H15N3. The van der Waals surface area contributed by atoms with Gasteiger partial charge in [0.25, 0.3) is 0 Å². The van der Waals surface area contributed by atoms with E-state index in [1.807, 2.05) is 10.9 Å². The highest BCUT2D eigenvalue weighted by atomic mass is 15.3. The Kier molecular flexibility index (Phi) is 1.89. The highest BCUT2D eigenvalue weighted by Gasteiger charge is 2.25. The zero-order valence-corrected chi connectivity index (χ0v) is 7.40. The predicted molar refractivity (Wildman–Crippen MR) is 47.8 cm³/mol. The van der Waals surface area contributed by atoms with Crippen LogP contribution in [0, 0.1) is 6.92 Å². The summed E-state index contributed by atoms with van der Waals surface area (Å²) < 4.78 is 2.02. The average molecular weight is 165 g/mol. The first-order chi connectivity index (χ1) is 5.77. The molecule has 0 aromatic carbocycles. The molecule has 2 N–H and O–H groups in total. The van der Waals surface area contributed by atoms with Gasteiger partial charge in [-0.25, -0.2) is 0 Å². The minimum Gasteiger partial charge on any atom is -0.326 e. The summed E-state index contributed by atoms with van der Waals surface area (Å²) in [4.78, 5) is 0. The number of nitrogens with zero attached hydrogens (tertiary/aromatic N) is 2. The number of aryl methyl sites for hydroxylation is 1. The second-order valence-corrected chi connectivity index (χ2v) is 3.66. The lowest BCUT2D eigenvalue weighted by Crippen LogP contribution is -2.27. The molecule has 0 aliphatic heterocycles. The van der Waals surface area contributed by atoms with Gasteiger partial charge in [-0.1, -0.05) is 0 Å². The lowest BCUT2D eigenvalue weighted by molar-refractivity contribution is 0.421. The van der Waals surface area contributed by atoms with Crippen LogP contribution >= 0.6 is 0 Å². The summed E-state index contributed by atoms with van der Waals surface area (Å²) in [6.07, 6.45) is 7.54. The van der Waals surface area contributed by atoms with E-state index in [9.17, 15) is 0 Å². The SMILES string of the molecule is Cc1cnn(C2CCCC2N)c1. The van der Waals surface area contributed by atoms with E-state index in [4.69, 9.17) is 5.73 Å². The van der Waals surface area contributed by atoms with Crippen LogP contribution in [0.25, 0.3) is 0 Å². The Labute approximate surface area is 72.6 Å². The summed E-state index contributed by atoms with van der Waals surface area (Å²) in [5.41, 5.74) is 7.18. The number of rotatable bonds is 1. The van der Waals surface area contributed by atoms with Crippen LogP contribution in [0.2, 0.25) is 0 Å². The number of nitrogens with two attached hydrogens (primary N) is 1. The quantitative estimate of drug-likeness (QED) is 0.680. The van der Waals surface area contributed by atoms with Crippen molar-refractivity contribution in [3.05, 3.63) is 18.0 Å². The van der Waals surface area contributed by atoms with Gasteiger partial charge in [-0.2, -0.15) is 5.10 Å². The monoisotopic (exact) mass is 165 g/mol. The third-order valence-corrected chi connectivity index (χ3v) is 2.60. The largest absolute Gasteiger partial charge is 0.326 e. The van der Waals surface area contributed by atoms with Gasteiger partial charge in [0.1, 0.15) is 0 Å². The van der Waals surface area contributed by atoms with Crippen LogP contribution in [-0.4, -0.2) is 15.8 Å². The second-order valence-electron chi connectivity index (χ2n) is 3.66. The van der Waals surface area contributed by atoms with Crippen LogP contribution in [0.5, 0.6) is 0 Å². The van der Waals surface area contributed by atoms with Gasteiger partial charge in [-0.3, -0.25) is 4.68 Å². The molecule has 1 heterocycles. The van der Waals surface area contributed by atoms with Crippen molar-refractivity contribution in [2.24, 2.45) is 5.73 Å². The lowest BCUT2D eigenvalue weighted by atomic mass is 10.2. The maximum Gasteiger partial charge on any atom is 0.0670 e. The molecule has 0 spiro atoms. The predicted octanol–water partition coefficient (Wildman–Crippen LogP) is 1.24. The molecule has 1 aromatic rings.